The van der Waals surface area contributed by atoms with Crippen molar-refractivity contribution >= 4 is 30.3 Å². The van der Waals surface area contributed by atoms with Crippen LogP contribution in [-0.2, 0) is 0 Å². The lowest BCUT2D eigenvalue weighted by atomic mass is 10.3. The SMILES string of the molecule is CNC(=O)N(C(=N)N)c1cccc(S)c1. The molecule has 2 amide bonds. The normalized spacial score (nSPS) is 9.47. The van der Waals surface area contributed by atoms with E-state index in [-0.39, 0.29) is 5.96 Å². The summed E-state index contributed by atoms with van der Waals surface area (Å²) in [5.74, 6) is -0.340. The van der Waals surface area contributed by atoms with Crippen molar-refractivity contribution in [3.8, 4) is 0 Å². The minimum absolute atomic E-state index is 0.340. The molecule has 1 aromatic rings. The van der Waals surface area contributed by atoms with E-state index >= 15 is 0 Å². The number of benzene rings is 1. The number of thiol groups is 1. The molecule has 0 unspecified atom stereocenters. The largest absolute Gasteiger partial charge is 0.369 e. The van der Waals surface area contributed by atoms with Crippen molar-refractivity contribution in [1.29, 1.82) is 5.41 Å². The molecule has 0 aromatic heterocycles. The Morgan fingerprint density at radius 3 is 2.73 bits per heavy atom. The number of nitrogens with zero attached hydrogens (tertiary/aromatic N) is 1. The Labute approximate surface area is 93.2 Å². The van der Waals surface area contributed by atoms with Crippen molar-refractivity contribution < 1.29 is 4.79 Å². The number of anilines is 1. The van der Waals surface area contributed by atoms with Crippen LogP contribution in [0.15, 0.2) is 29.2 Å². The highest BCUT2D eigenvalue weighted by Crippen LogP contribution is 2.17. The first-order valence-corrected chi connectivity index (χ1v) is 4.66. The van der Waals surface area contributed by atoms with Crippen LogP contribution >= 0.6 is 12.6 Å². The number of rotatable bonds is 1. The van der Waals surface area contributed by atoms with E-state index in [0.29, 0.717) is 10.6 Å². The first kappa shape index (κ1) is 11.4. The van der Waals surface area contributed by atoms with Crippen LogP contribution in [0.25, 0.3) is 0 Å². The first-order chi connectivity index (χ1) is 7.06. The number of hydrogen-bond donors (Lipinski definition) is 4. The van der Waals surface area contributed by atoms with Gasteiger partial charge in [-0.15, -0.1) is 12.6 Å². The van der Waals surface area contributed by atoms with Crippen molar-refractivity contribution in [3.63, 3.8) is 0 Å². The number of nitrogens with one attached hydrogen (secondary N) is 2. The number of carbonyl (C=O) groups excluding carboxylic acids is 1. The molecule has 0 aliphatic rings. The molecule has 0 aliphatic heterocycles. The standard InChI is InChI=1S/C9H12N4OS/c1-12-9(14)13(8(10)11)6-3-2-4-7(15)5-6/h2-5,15H,1H3,(H3,10,11)(H,12,14). The third-order valence-electron chi connectivity index (χ3n) is 1.75. The van der Waals surface area contributed by atoms with Gasteiger partial charge in [-0.25, -0.2) is 9.69 Å². The minimum atomic E-state index is -0.457. The van der Waals surface area contributed by atoms with Gasteiger partial charge >= 0.3 is 6.03 Å². The molecule has 0 bridgehead atoms. The average molecular weight is 224 g/mol. The summed E-state index contributed by atoms with van der Waals surface area (Å²) in [5, 5.41) is 9.72. The van der Waals surface area contributed by atoms with Crippen LogP contribution in [-0.4, -0.2) is 19.0 Å². The van der Waals surface area contributed by atoms with Crippen molar-refractivity contribution in [2.45, 2.75) is 4.90 Å². The third kappa shape index (κ3) is 2.63. The summed E-state index contributed by atoms with van der Waals surface area (Å²) in [6, 6.07) is 6.38. The maximum Gasteiger partial charge on any atom is 0.328 e. The van der Waals surface area contributed by atoms with E-state index in [2.05, 4.69) is 17.9 Å². The lowest BCUT2D eigenvalue weighted by Crippen LogP contribution is -2.46. The smallest absolute Gasteiger partial charge is 0.328 e. The maximum absolute atomic E-state index is 11.4. The Bertz CT molecular complexity index is 393. The Hall–Kier alpha value is -1.69. The van der Waals surface area contributed by atoms with Crippen LogP contribution < -0.4 is 16.0 Å². The van der Waals surface area contributed by atoms with Gasteiger partial charge in [0.25, 0.3) is 0 Å². The summed E-state index contributed by atoms with van der Waals surface area (Å²) in [7, 11) is 1.48. The summed E-state index contributed by atoms with van der Waals surface area (Å²) in [6.07, 6.45) is 0. The molecule has 0 saturated carbocycles. The number of nitrogens with two attached hydrogens (primary N) is 1. The molecule has 0 spiro atoms. The van der Waals surface area contributed by atoms with Gasteiger partial charge in [0.05, 0.1) is 5.69 Å². The van der Waals surface area contributed by atoms with E-state index in [1.165, 1.54) is 7.05 Å². The Kier molecular flexibility index (Phi) is 3.56. The molecule has 0 saturated heterocycles. The van der Waals surface area contributed by atoms with Crippen molar-refractivity contribution in [2.75, 3.05) is 11.9 Å². The molecule has 5 nitrogen and oxygen atoms in total. The second-order valence-electron chi connectivity index (χ2n) is 2.80. The van der Waals surface area contributed by atoms with Gasteiger partial charge in [-0.3, -0.25) is 5.41 Å². The Morgan fingerprint density at radius 1 is 1.60 bits per heavy atom. The molecule has 4 N–H and O–H groups in total. The van der Waals surface area contributed by atoms with Gasteiger partial charge in [-0.05, 0) is 18.2 Å². The predicted molar refractivity (Wildman–Crippen MR) is 62.5 cm³/mol. The molecule has 1 aromatic carbocycles. The molecular weight excluding hydrogens is 212 g/mol. The van der Waals surface area contributed by atoms with Gasteiger partial charge in [0.2, 0.25) is 5.96 Å². The van der Waals surface area contributed by atoms with E-state index in [0.717, 1.165) is 4.90 Å². The zero-order chi connectivity index (χ0) is 11.4. The highest BCUT2D eigenvalue weighted by molar-refractivity contribution is 7.80. The quantitative estimate of drug-likeness (QED) is 0.326. The van der Waals surface area contributed by atoms with Gasteiger partial charge in [0.15, 0.2) is 0 Å². The van der Waals surface area contributed by atoms with E-state index in [4.69, 9.17) is 11.1 Å². The topological polar surface area (TPSA) is 82.2 Å². The molecule has 0 aliphatic carbocycles. The molecule has 0 fully saturated rings. The molecule has 0 radical (unpaired) electrons. The van der Waals surface area contributed by atoms with Crippen molar-refractivity contribution in [1.82, 2.24) is 5.32 Å². The van der Waals surface area contributed by atoms with Gasteiger partial charge in [-0.1, -0.05) is 6.07 Å². The fourth-order valence-corrected chi connectivity index (χ4v) is 1.33. The van der Waals surface area contributed by atoms with E-state index < -0.39 is 6.03 Å². The molecule has 0 heterocycles. The van der Waals surface area contributed by atoms with E-state index in [1.807, 2.05) is 0 Å². The average Bonchev–Trinajstić information content (AvgIpc) is 2.17. The minimum Gasteiger partial charge on any atom is -0.369 e. The van der Waals surface area contributed by atoms with Gasteiger partial charge in [-0.2, -0.15) is 0 Å². The van der Waals surface area contributed by atoms with Crippen molar-refractivity contribution in [2.24, 2.45) is 5.73 Å². The maximum atomic E-state index is 11.4. The Morgan fingerprint density at radius 2 is 2.27 bits per heavy atom. The van der Waals surface area contributed by atoms with Gasteiger partial charge in [0.1, 0.15) is 0 Å². The zero-order valence-electron chi connectivity index (χ0n) is 8.19. The summed E-state index contributed by atoms with van der Waals surface area (Å²) >= 11 is 4.15. The van der Waals surface area contributed by atoms with Crippen LogP contribution in [0.4, 0.5) is 10.5 Å². The highest BCUT2D eigenvalue weighted by atomic mass is 32.1. The summed E-state index contributed by atoms with van der Waals surface area (Å²) in [6.45, 7) is 0. The van der Waals surface area contributed by atoms with Crippen LogP contribution in [0.5, 0.6) is 0 Å². The molecule has 1 rings (SSSR count). The van der Waals surface area contributed by atoms with Gasteiger partial charge < -0.3 is 11.1 Å². The Balaban J connectivity index is 3.10. The van der Waals surface area contributed by atoms with Crippen LogP contribution in [0, 0.1) is 5.41 Å². The molecular formula is C9H12N4OS. The van der Waals surface area contributed by atoms with Crippen LogP contribution in [0.2, 0.25) is 0 Å². The van der Waals surface area contributed by atoms with E-state index in [9.17, 15) is 4.79 Å². The third-order valence-corrected chi connectivity index (χ3v) is 2.02. The fourth-order valence-electron chi connectivity index (χ4n) is 1.11. The number of guanidine groups is 1. The zero-order valence-corrected chi connectivity index (χ0v) is 9.08. The summed E-state index contributed by atoms with van der Waals surface area (Å²) in [4.78, 5) is 13.2. The number of urea groups is 1. The predicted octanol–water partition coefficient (Wildman–Crippen LogP) is 1.01. The lowest BCUT2D eigenvalue weighted by Gasteiger charge is -2.20. The van der Waals surface area contributed by atoms with Crippen LogP contribution in [0.3, 0.4) is 0 Å². The molecule has 6 heteroatoms. The van der Waals surface area contributed by atoms with E-state index in [1.54, 1.807) is 24.3 Å². The fraction of sp³-hybridized carbons (Fsp3) is 0.111. The lowest BCUT2D eigenvalue weighted by molar-refractivity contribution is 0.251. The number of amides is 2. The molecule has 15 heavy (non-hydrogen) atoms. The second-order valence-corrected chi connectivity index (χ2v) is 3.31. The van der Waals surface area contributed by atoms with Gasteiger partial charge in [0, 0.05) is 11.9 Å². The molecule has 0 atom stereocenters. The molecule has 80 valence electrons. The van der Waals surface area contributed by atoms with Crippen molar-refractivity contribution in [3.05, 3.63) is 24.3 Å². The summed E-state index contributed by atoms with van der Waals surface area (Å²) < 4.78 is 0. The number of carbonyl (C=O) groups is 1. The second kappa shape index (κ2) is 4.70. The van der Waals surface area contributed by atoms with Crippen LogP contribution in [0.1, 0.15) is 0 Å². The number of hydrogen-bond acceptors (Lipinski definition) is 3. The first-order valence-electron chi connectivity index (χ1n) is 4.21. The highest BCUT2D eigenvalue weighted by Gasteiger charge is 2.16. The summed E-state index contributed by atoms with van der Waals surface area (Å²) in [5.41, 5.74) is 5.83. The monoisotopic (exact) mass is 224 g/mol.